The number of methoxy groups -OCH3 is 1. The lowest BCUT2D eigenvalue weighted by Crippen LogP contribution is -2.12. The van der Waals surface area contributed by atoms with Crippen molar-refractivity contribution in [1.82, 2.24) is 40.0 Å². The lowest BCUT2D eigenvalue weighted by molar-refractivity contribution is 0.418. The number of fused-ring (bicyclic) bond motifs is 1. The molecule has 3 N–H and O–H groups in total. The molecule has 0 saturated carbocycles. The van der Waals surface area contributed by atoms with Crippen molar-refractivity contribution in [1.29, 1.82) is 0 Å². The van der Waals surface area contributed by atoms with Crippen molar-refractivity contribution in [2.45, 2.75) is 0 Å². The number of aromatic amines is 1. The van der Waals surface area contributed by atoms with Gasteiger partial charge < -0.3 is 15.4 Å². The van der Waals surface area contributed by atoms with Gasteiger partial charge in [0.15, 0.2) is 11.4 Å². The molecule has 0 aliphatic carbocycles. The highest BCUT2D eigenvalue weighted by Crippen LogP contribution is 2.37. The minimum atomic E-state index is -0.244. The summed E-state index contributed by atoms with van der Waals surface area (Å²) < 4.78 is 7.03. The van der Waals surface area contributed by atoms with E-state index in [2.05, 4.69) is 46.0 Å². The number of anilines is 4. The first-order valence-corrected chi connectivity index (χ1v) is 10.4. The van der Waals surface area contributed by atoms with Crippen LogP contribution in [-0.4, -0.2) is 47.1 Å². The Morgan fingerprint density at radius 1 is 1.11 bits per heavy atom. The molecule has 0 unspecified atom stereocenters. The Kier molecular flexibility index (Phi) is 5.30. The van der Waals surface area contributed by atoms with Crippen molar-refractivity contribution < 1.29 is 4.74 Å². The number of nitrogens with zero attached hydrogens (tertiary/aromatic N) is 8. The molecular formula is C22H19N11O2. The number of hydrogen-bond donors (Lipinski definition) is 3. The maximum atomic E-state index is 12.9. The molecule has 0 saturated heterocycles. The number of aryl methyl sites for hydroxylation is 2. The van der Waals surface area contributed by atoms with Gasteiger partial charge in [0.1, 0.15) is 17.0 Å². The summed E-state index contributed by atoms with van der Waals surface area (Å²) in [6, 6.07) is 10.5. The van der Waals surface area contributed by atoms with Crippen LogP contribution in [0.15, 0.2) is 47.4 Å². The zero-order chi connectivity index (χ0) is 24.5. The van der Waals surface area contributed by atoms with Gasteiger partial charge in [-0.1, -0.05) is 12.1 Å². The van der Waals surface area contributed by atoms with E-state index in [4.69, 9.17) is 11.3 Å². The summed E-state index contributed by atoms with van der Waals surface area (Å²) in [5, 5.41) is 22.0. The van der Waals surface area contributed by atoms with E-state index in [1.165, 1.54) is 15.7 Å². The summed E-state index contributed by atoms with van der Waals surface area (Å²) >= 11 is 0. The molecule has 0 spiro atoms. The fourth-order valence-electron chi connectivity index (χ4n) is 3.61. The monoisotopic (exact) mass is 469 g/mol. The Hall–Kier alpha value is -5.25. The second-order valence-corrected chi connectivity index (χ2v) is 7.51. The predicted octanol–water partition coefficient (Wildman–Crippen LogP) is 2.89. The first-order chi connectivity index (χ1) is 17.0. The molecule has 0 aliphatic rings. The molecule has 4 aromatic heterocycles. The van der Waals surface area contributed by atoms with Gasteiger partial charge in [-0.3, -0.25) is 19.6 Å². The molecule has 13 heteroatoms. The number of rotatable bonds is 6. The molecule has 174 valence electrons. The molecule has 1 aromatic carbocycles. The average Bonchev–Trinajstić information content (AvgIpc) is 3.41. The fourth-order valence-corrected chi connectivity index (χ4v) is 3.61. The number of nitrogens with one attached hydrogen (secondary N) is 3. The summed E-state index contributed by atoms with van der Waals surface area (Å²) in [4.78, 5) is 26.3. The van der Waals surface area contributed by atoms with Crippen molar-refractivity contribution in [3.05, 3.63) is 64.4 Å². The van der Waals surface area contributed by atoms with Crippen molar-refractivity contribution in [2.24, 2.45) is 14.1 Å². The second-order valence-electron chi connectivity index (χ2n) is 7.51. The van der Waals surface area contributed by atoms with Crippen LogP contribution < -0.4 is 20.9 Å². The second kappa shape index (κ2) is 8.60. The molecule has 35 heavy (non-hydrogen) atoms. The minimum absolute atomic E-state index is 0.244. The number of pyridine rings is 2. The van der Waals surface area contributed by atoms with E-state index in [9.17, 15) is 4.79 Å². The van der Waals surface area contributed by atoms with Crippen molar-refractivity contribution in [2.75, 3.05) is 17.7 Å². The number of para-hydroxylation sites is 1. The van der Waals surface area contributed by atoms with E-state index < -0.39 is 0 Å². The van der Waals surface area contributed by atoms with Crippen LogP contribution in [0.3, 0.4) is 0 Å². The Labute approximate surface area is 198 Å². The summed E-state index contributed by atoms with van der Waals surface area (Å²) in [6.07, 6.45) is 1.47. The maximum absolute atomic E-state index is 12.9. The quantitative estimate of drug-likeness (QED) is 0.320. The van der Waals surface area contributed by atoms with E-state index >= 15 is 0 Å². The number of hydrogen-bond acceptors (Lipinski definition) is 9. The topological polar surface area (TPSA) is 145 Å². The van der Waals surface area contributed by atoms with E-state index in [1.54, 1.807) is 39.4 Å². The van der Waals surface area contributed by atoms with Gasteiger partial charge in [0.05, 0.1) is 37.7 Å². The van der Waals surface area contributed by atoms with Crippen molar-refractivity contribution in [3.8, 4) is 17.1 Å². The number of aromatic nitrogens is 8. The van der Waals surface area contributed by atoms with Gasteiger partial charge >= 0.3 is 0 Å². The molecule has 0 atom stereocenters. The smallest absolute Gasteiger partial charge is 0.277 e. The van der Waals surface area contributed by atoms with Gasteiger partial charge in [-0.25, -0.2) is 9.83 Å². The normalized spacial score (nSPS) is 10.8. The van der Waals surface area contributed by atoms with Crippen LogP contribution in [0, 0.1) is 6.57 Å². The van der Waals surface area contributed by atoms with Gasteiger partial charge in [0, 0.05) is 19.3 Å². The zero-order valence-corrected chi connectivity index (χ0v) is 18.9. The lowest BCUT2D eigenvalue weighted by atomic mass is 10.1. The first kappa shape index (κ1) is 21.6. The molecule has 13 nitrogen and oxygen atoms in total. The largest absolute Gasteiger partial charge is 0.494 e. The number of H-pyrrole nitrogens is 1. The van der Waals surface area contributed by atoms with Crippen LogP contribution in [-0.2, 0) is 14.1 Å². The van der Waals surface area contributed by atoms with Crippen molar-refractivity contribution >= 4 is 39.7 Å². The summed E-state index contributed by atoms with van der Waals surface area (Å²) in [7, 11) is 4.84. The summed E-state index contributed by atoms with van der Waals surface area (Å²) in [5.74, 6) is 1.84. The summed E-state index contributed by atoms with van der Waals surface area (Å²) in [5.41, 5.74) is 2.30. The predicted molar refractivity (Wildman–Crippen MR) is 129 cm³/mol. The third-order valence-electron chi connectivity index (χ3n) is 5.18. The van der Waals surface area contributed by atoms with E-state index in [0.29, 0.717) is 56.9 Å². The molecule has 0 amide bonds. The molecule has 0 fully saturated rings. The Morgan fingerprint density at radius 3 is 2.66 bits per heavy atom. The Morgan fingerprint density at radius 2 is 1.97 bits per heavy atom. The standard InChI is InChI=1S/C22H19N11O2/c1-23-12-8-9-16(24-11-12)26-17-10-15(18-21(27-17)29-32(2)22(18)34)25-14-7-5-6-13(19(14)35-4)20-28-31-33(3)30-20/h5-11H,2-4H3,(H3,24,25,26,27,29). The zero-order valence-electron chi connectivity index (χ0n) is 18.9. The van der Waals surface area contributed by atoms with Crippen LogP contribution in [0.25, 0.3) is 27.3 Å². The van der Waals surface area contributed by atoms with E-state index in [-0.39, 0.29) is 5.56 Å². The van der Waals surface area contributed by atoms with Gasteiger partial charge in [-0.05, 0) is 23.4 Å². The highest BCUT2D eigenvalue weighted by molar-refractivity contribution is 5.94. The molecule has 0 bridgehead atoms. The average molecular weight is 469 g/mol. The minimum Gasteiger partial charge on any atom is -0.494 e. The first-order valence-electron chi connectivity index (χ1n) is 10.4. The van der Waals surface area contributed by atoms with E-state index in [1.807, 2.05) is 18.2 Å². The number of tetrazole rings is 1. The van der Waals surface area contributed by atoms with E-state index in [0.717, 1.165) is 0 Å². The molecular weight excluding hydrogens is 450 g/mol. The third-order valence-corrected chi connectivity index (χ3v) is 5.18. The van der Waals surface area contributed by atoms with Crippen molar-refractivity contribution in [3.63, 3.8) is 0 Å². The highest BCUT2D eigenvalue weighted by atomic mass is 16.5. The van der Waals surface area contributed by atoms with Gasteiger partial charge in [-0.2, -0.15) is 4.80 Å². The number of benzene rings is 1. The van der Waals surface area contributed by atoms with Gasteiger partial charge in [0.25, 0.3) is 5.56 Å². The lowest BCUT2D eigenvalue weighted by Gasteiger charge is -2.15. The molecule has 4 heterocycles. The molecule has 5 aromatic rings. The van der Waals surface area contributed by atoms with Gasteiger partial charge in [0.2, 0.25) is 11.5 Å². The van der Waals surface area contributed by atoms with Crippen LogP contribution in [0.4, 0.5) is 28.7 Å². The fraction of sp³-hybridized carbons (Fsp3) is 0.136. The molecule has 0 radical (unpaired) electrons. The third kappa shape index (κ3) is 4.00. The van der Waals surface area contributed by atoms with Crippen LogP contribution in [0.1, 0.15) is 0 Å². The number of ether oxygens (including phenoxy) is 1. The Balaban J connectivity index is 1.59. The molecule has 5 rings (SSSR count). The highest BCUT2D eigenvalue weighted by Gasteiger charge is 2.18. The SMILES string of the molecule is [C-]#[N+]c1ccc(Nc2cc(Nc3cccc(-c4nnn(C)n4)c3OC)c3c(=O)n(C)[nH]c3n2)nc1. The maximum Gasteiger partial charge on any atom is 0.277 e. The Bertz CT molecular complexity index is 1640. The van der Waals surface area contributed by atoms with Crippen LogP contribution in [0.5, 0.6) is 5.75 Å². The van der Waals surface area contributed by atoms with Gasteiger partial charge in [-0.15, -0.1) is 10.2 Å². The molecule has 0 aliphatic heterocycles. The van der Waals surface area contributed by atoms with Crippen LogP contribution in [0.2, 0.25) is 0 Å². The van der Waals surface area contributed by atoms with Crippen LogP contribution >= 0.6 is 0 Å². The summed E-state index contributed by atoms with van der Waals surface area (Å²) in [6.45, 7) is 7.07.